The molecule has 0 radical (unpaired) electrons. The molecule has 1 fully saturated rings. The second-order valence-electron chi connectivity index (χ2n) is 9.01. The van der Waals surface area contributed by atoms with Crippen molar-refractivity contribution in [2.24, 2.45) is 0 Å². The summed E-state index contributed by atoms with van der Waals surface area (Å²) in [5.74, 6) is 1.06. The summed E-state index contributed by atoms with van der Waals surface area (Å²) in [6.07, 6.45) is 1.25. The average molecular weight is 474 g/mol. The first-order valence-electron chi connectivity index (χ1n) is 10.6. The maximum absolute atomic E-state index is 13.5. The van der Waals surface area contributed by atoms with Gasteiger partial charge in [-0.15, -0.1) is 0 Å². The van der Waals surface area contributed by atoms with Crippen LogP contribution in [-0.4, -0.2) is 28.2 Å². The van der Waals surface area contributed by atoms with E-state index in [2.05, 4.69) is 15.5 Å². The Bertz CT molecular complexity index is 1140. The lowest BCUT2D eigenvalue weighted by atomic mass is 9.59. The van der Waals surface area contributed by atoms with Gasteiger partial charge in [-0.25, -0.2) is 4.39 Å². The molecule has 1 aromatic heterocycles. The molecule has 0 bridgehead atoms. The number of hydrogen-bond donors (Lipinski definition) is 1. The summed E-state index contributed by atoms with van der Waals surface area (Å²) in [6.45, 7) is 5.96. The maximum Gasteiger partial charge on any atom is 0.258 e. The smallest absolute Gasteiger partial charge is 0.258 e. The molecule has 174 valence electrons. The number of nitrogens with zero attached hydrogens (tertiary/aromatic N) is 2. The first-order valence-corrected chi connectivity index (χ1v) is 10.9. The average Bonchev–Trinajstić information content (AvgIpc) is 3.23. The second-order valence-corrected chi connectivity index (χ2v) is 9.41. The SMILES string of the molecule is Cc1ccc(OCc2noc(C3(C)CC(C)(NC(=O)COc4ccc(Cl)c(F)c4)C3)n2)cc1. The Morgan fingerprint density at radius 3 is 2.55 bits per heavy atom. The molecule has 0 unspecified atom stereocenters. The molecule has 7 nitrogen and oxygen atoms in total. The zero-order chi connectivity index (χ0) is 23.6. The summed E-state index contributed by atoms with van der Waals surface area (Å²) in [6, 6.07) is 11.8. The number of ether oxygens (including phenoxy) is 2. The molecule has 0 aliphatic heterocycles. The molecule has 0 spiro atoms. The number of aryl methyl sites for hydroxylation is 1. The summed E-state index contributed by atoms with van der Waals surface area (Å²) < 4.78 is 30.0. The van der Waals surface area contributed by atoms with Gasteiger partial charge in [-0.05, 0) is 51.0 Å². The fraction of sp³-hybridized carbons (Fsp3) is 0.375. The van der Waals surface area contributed by atoms with Crippen molar-refractivity contribution in [2.45, 2.75) is 51.2 Å². The number of amides is 1. The molecule has 1 amide bonds. The second kappa shape index (κ2) is 9.02. The molecule has 33 heavy (non-hydrogen) atoms. The standard InChI is InChI=1S/C24H25ClFN3O4/c1-15-4-6-16(7-5-15)31-11-20-27-22(33-29-20)23(2)13-24(3,14-23)28-21(30)12-32-17-8-9-18(25)19(26)10-17/h4-10H,11-14H2,1-3H3,(H,28,30). The molecule has 2 aromatic carbocycles. The lowest BCUT2D eigenvalue weighted by Gasteiger charge is -2.51. The Morgan fingerprint density at radius 1 is 1.15 bits per heavy atom. The topological polar surface area (TPSA) is 86.5 Å². The molecular weight excluding hydrogens is 449 g/mol. The first kappa shape index (κ1) is 23.0. The highest BCUT2D eigenvalue weighted by atomic mass is 35.5. The lowest BCUT2D eigenvalue weighted by Crippen LogP contribution is -2.61. The van der Waals surface area contributed by atoms with E-state index in [0.717, 1.165) is 17.4 Å². The number of nitrogens with one attached hydrogen (secondary N) is 1. The summed E-state index contributed by atoms with van der Waals surface area (Å²) in [7, 11) is 0. The van der Waals surface area contributed by atoms with Crippen LogP contribution in [0.25, 0.3) is 0 Å². The summed E-state index contributed by atoms with van der Waals surface area (Å²) in [5, 5.41) is 7.00. The number of carbonyl (C=O) groups excluding carboxylic acids is 1. The number of benzene rings is 2. The van der Waals surface area contributed by atoms with Gasteiger partial charge in [-0.3, -0.25) is 4.79 Å². The van der Waals surface area contributed by atoms with E-state index in [0.29, 0.717) is 24.6 Å². The largest absolute Gasteiger partial charge is 0.485 e. The van der Waals surface area contributed by atoms with E-state index in [4.69, 9.17) is 25.6 Å². The lowest BCUT2D eigenvalue weighted by molar-refractivity contribution is -0.127. The minimum atomic E-state index is -0.598. The minimum Gasteiger partial charge on any atom is -0.485 e. The van der Waals surface area contributed by atoms with Gasteiger partial charge in [0.25, 0.3) is 5.91 Å². The van der Waals surface area contributed by atoms with Gasteiger partial charge in [-0.2, -0.15) is 4.98 Å². The Labute approximate surface area is 196 Å². The Morgan fingerprint density at radius 2 is 1.85 bits per heavy atom. The third-order valence-corrected chi connectivity index (χ3v) is 5.94. The highest BCUT2D eigenvalue weighted by Gasteiger charge is 2.53. The van der Waals surface area contributed by atoms with Gasteiger partial charge < -0.3 is 19.3 Å². The number of rotatable bonds is 8. The maximum atomic E-state index is 13.5. The van der Waals surface area contributed by atoms with Gasteiger partial charge in [0.2, 0.25) is 11.7 Å². The third kappa shape index (κ3) is 5.45. The van der Waals surface area contributed by atoms with Crippen LogP contribution in [-0.2, 0) is 16.8 Å². The fourth-order valence-corrected chi connectivity index (χ4v) is 4.46. The highest BCUT2D eigenvalue weighted by molar-refractivity contribution is 6.30. The minimum absolute atomic E-state index is 0.000962. The van der Waals surface area contributed by atoms with E-state index < -0.39 is 11.4 Å². The number of halogens is 2. The molecular formula is C24H25ClFN3O4. The predicted octanol–water partition coefficient (Wildman–Crippen LogP) is 4.75. The summed E-state index contributed by atoms with van der Waals surface area (Å²) in [4.78, 5) is 16.8. The van der Waals surface area contributed by atoms with Crippen LogP contribution in [0.1, 0.15) is 44.0 Å². The van der Waals surface area contributed by atoms with E-state index in [1.165, 1.54) is 12.1 Å². The van der Waals surface area contributed by atoms with Crippen LogP contribution in [0.5, 0.6) is 11.5 Å². The zero-order valence-electron chi connectivity index (χ0n) is 18.7. The van der Waals surface area contributed by atoms with Crippen molar-refractivity contribution < 1.29 is 23.2 Å². The van der Waals surface area contributed by atoms with Crippen LogP contribution in [0.15, 0.2) is 47.0 Å². The van der Waals surface area contributed by atoms with Crippen LogP contribution >= 0.6 is 11.6 Å². The van der Waals surface area contributed by atoms with E-state index in [9.17, 15) is 9.18 Å². The van der Waals surface area contributed by atoms with Crippen LogP contribution in [0.2, 0.25) is 5.02 Å². The molecule has 0 saturated heterocycles. The number of carbonyl (C=O) groups is 1. The van der Waals surface area contributed by atoms with Gasteiger partial charge in [0.1, 0.15) is 17.3 Å². The van der Waals surface area contributed by atoms with Crippen molar-refractivity contribution >= 4 is 17.5 Å². The quantitative estimate of drug-likeness (QED) is 0.508. The van der Waals surface area contributed by atoms with Gasteiger partial charge in [0, 0.05) is 11.6 Å². The zero-order valence-corrected chi connectivity index (χ0v) is 19.4. The molecule has 1 aliphatic rings. The van der Waals surface area contributed by atoms with Crippen LogP contribution in [0, 0.1) is 12.7 Å². The highest BCUT2D eigenvalue weighted by Crippen LogP contribution is 2.49. The Hall–Kier alpha value is -3.13. The Kier molecular flexibility index (Phi) is 6.30. The Balaban J connectivity index is 1.27. The number of aromatic nitrogens is 2. The monoisotopic (exact) mass is 473 g/mol. The molecule has 1 saturated carbocycles. The molecule has 1 heterocycles. The third-order valence-electron chi connectivity index (χ3n) is 5.64. The van der Waals surface area contributed by atoms with Gasteiger partial charge >= 0.3 is 0 Å². The van der Waals surface area contributed by atoms with Crippen molar-refractivity contribution in [3.8, 4) is 11.5 Å². The van der Waals surface area contributed by atoms with Gasteiger partial charge in [0.15, 0.2) is 13.2 Å². The number of hydrogen-bond acceptors (Lipinski definition) is 6. The van der Waals surface area contributed by atoms with Crippen LogP contribution in [0.3, 0.4) is 0 Å². The van der Waals surface area contributed by atoms with E-state index in [-0.39, 0.29) is 35.3 Å². The normalized spacial score (nSPS) is 21.8. The van der Waals surface area contributed by atoms with Crippen LogP contribution in [0.4, 0.5) is 4.39 Å². The molecule has 4 rings (SSSR count). The van der Waals surface area contributed by atoms with E-state index in [1.807, 2.05) is 45.0 Å². The van der Waals surface area contributed by atoms with E-state index in [1.54, 1.807) is 0 Å². The summed E-state index contributed by atoms with van der Waals surface area (Å²) in [5.41, 5.74) is 0.368. The van der Waals surface area contributed by atoms with Crippen molar-refractivity contribution in [2.75, 3.05) is 6.61 Å². The van der Waals surface area contributed by atoms with Crippen molar-refractivity contribution in [3.63, 3.8) is 0 Å². The van der Waals surface area contributed by atoms with Gasteiger partial charge in [0.05, 0.1) is 10.4 Å². The first-order chi connectivity index (χ1) is 15.6. The van der Waals surface area contributed by atoms with Crippen molar-refractivity contribution in [3.05, 3.63) is 70.6 Å². The molecule has 3 aromatic rings. The molecule has 0 atom stereocenters. The molecule has 1 aliphatic carbocycles. The van der Waals surface area contributed by atoms with Gasteiger partial charge in [-0.1, -0.05) is 41.4 Å². The van der Waals surface area contributed by atoms with Crippen molar-refractivity contribution in [1.82, 2.24) is 15.5 Å². The molecule has 1 N–H and O–H groups in total. The summed E-state index contributed by atoms with van der Waals surface area (Å²) >= 11 is 5.65. The van der Waals surface area contributed by atoms with E-state index >= 15 is 0 Å². The fourth-order valence-electron chi connectivity index (χ4n) is 4.34. The molecule has 9 heteroatoms. The van der Waals surface area contributed by atoms with Crippen molar-refractivity contribution in [1.29, 1.82) is 0 Å². The van der Waals surface area contributed by atoms with Crippen LogP contribution < -0.4 is 14.8 Å². The predicted molar refractivity (Wildman–Crippen MR) is 120 cm³/mol.